The Kier molecular flexibility index (Phi) is 7.29. The average Bonchev–Trinajstić information content (AvgIpc) is 3.00. The molecule has 30 heavy (non-hydrogen) atoms. The van der Waals surface area contributed by atoms with Crippen LogP contribution >= 0.6 is 0 Å². The highest BCUT2D eigenvalue weighted by Gasteiger charge is 2.20. The van der Waals surface area contributed by atoms with Crippen molar-refractivity contribution in [1.29, 1.82) is 0 Å². The Morgan fingerprint density at radius 2 is 1.83 bits per heavy atom. The standard InChI is InChI=1S/C26H33FN2O/c27-25-4-1-3-21(18-25)17-20-10-15-29(16-11-20)14-2-5-26(30)24-7-6-22-8-12-28-13-9-23(22)19-24/h1,3-4,6-7,18-20,28H,2,5,8-17H2. The van der Waals surface area contributed by atoms with E-state index in [1.54, 1.807) is 12.1 Å². The van der Waals surface area contributed by atoms with Crippen LogP contribution in [-0.4, -0.2) is 43.4 Å². The summed E-state index contributed by atoms with van der Waals surface area (Å²) in [5.41, 5.74) is 4.71. The number of carbonyl (C=O) groups is 1. The minimum absolute atomic E-state index is 0.138. The van der Waals surface area contributed by atoms with Crippen molar-refractivity contribution in [1.82, 2.24) is 10.2 Å². The fraction of sp³-hybridized carbons (Fsp3) is 0.500. The van der Waals surface area contributed by atoms with Gasteiger partial charge in [0, 0.05) is 12.0 Å². The number of fused-ring (bicyclic) bond motifs is 1. The molecule has 160 valence electrons. The zero-order valence-electron chi connectivity index (χ0n) is 17.8. The van der Waals surface area contributed by atoms with Crippen molar-refractivity contribution in [3.63, 3.8) is 0 Å². The molecule has 0 amide bonds. The number of nitrogens with zero attached hydrogens (tertiary/aromatic N) is 1. The first-order valence-corrected chi connectivity index (χ1v) is 11.5. The second-order valence-electron chi connectivity index (χ2n) is 8.88. The Labute approximate surface area is 179 Å². The number of Topliss-reactive ketones (excluding diaryl/α,β-unsaturated/α-hetero) is 1. The van der Waals surface area contributed by atoms with Crippen LogP contribution in [0.4, 0.5) is 4.39 Å². The predicted molar refractivity (Wildman–Crippen MR) is 120 cm³/mol. The van der Waals surface area contributed by atoms with Gasteiger partial charge in [-0.2, -0.15) is 0 Å². The van der Waals surface area contributed by atoms with Gasteiger partial charge in [0.15, 0.2) is 5.78 Å². The normalized spacial score (nSPS) is 18.0. The van der Waals surface area contributed by atoms with E-state index in [-0.39, 0.29) is 11.6 Å². The van der Waals surface area contributed by atoms with Gasteiger partial charge in [-0.1, -0.05) is 24.3 Å². The number of nitrogens with one attached hydrogen (secondary N) is 1. The SMILES string of the molecule is O=C(CCCN1CCC(Cc2cccc(F)c2)CC1)c1ccc2c(c1)CCNCC2. The van der Waals surface area contributed by atoms with Crippen LogP contribution in [0, 0.1) is 11.7 Å². The molecule has 4 heteroatoms. The molecule has 1 saturated heterocycles. The van der Waals surface area contributed by atoms with Gasteiger partial charge in [-0.15, -0.1) is 0 Å². The van der Waals surface area contributed by atoms with E-state index in [0.717, 1.165) is 82.4 Å². The molecule has 0 aliphatic carbocycles. The van der Waals surface area contributed by atoms with Crippen molar-refractivity contribution >= 4 is 5.78 Å². The van der Waals surface area contributed by atoms with Gasteiger partial charge in [0.25, 0.3) is 0 Å². The average molecular weight is 409 g/mol. The van der Waals surface area contributed by atoms with Crippen LogP contribution in [0.1, 0.15) is 52.7 Å². The third-order valence-electron chi connectivity index (χ3n) is 6.67. The van der Waals surface area contributed by atoms with Crippen LogP contribution in [0.25, 0.3) is 0 Å². The molecular formula is C26H33FN2O. The number of hydrogen-bond donors (Lipinski definition) is 1. The summed E-state index contributed by atoms with van der Waals surface area (Å²) in [6, 6.07) is 13.3. The second-order valence-corrected chi connectivity index (χ2v) is 8.88. The fourth-order valence-corrected chi connectivity index (χ4v) is 4.87. The van der Waals surface area contributed by atoms with E-state index in [4.69, 9.17) is 0 Å². The molecule has 2 aromatic carbocycles. The van der Waals surface area contributed by atoms with Crippen molar-refractivity contribution in [3.8, 4) is 0 Å². The van der Waals surface area contributed by atoms with Gasteiger partial charge in [0.2, 0.25) is 0 Å². The van der Waals surface area contributed by atoms with E-state index in [2.05, 4.69) is 22.3 Å². The lowest BCUT2D eigenvalue weighted by Crippen LogP contribution is -2.35. The number of likely N-dealkylation sites (tertiary alicyclic amines) is 1. The van der Waals surface area contributed by atoms with Crippen molar-refractivity contribution < 1.29 is 9.18 Å². The number of piperidine rings is 1. The topological polar surface area (TPSA) is 32.3 Å². The molecule has 0 atom stereocenters. The first-order valence-electron chi connectivity index (χ1n) is 11.5. The summed E-state index contributed by atoms with van der Waals surface area (Å²) in [4.78, 5) is 15.2. The quantitative estimate of drug-likeness (QED) is 0.688. The van der Waals surface area contributed by atoms with Gasteiger partial charge in [0.1, 0.15) is 5.82 Å². The van der Waals surface area contributed by atoms with Crippen LogP contribution in [0.3, 0.4) is 0 Å². The van der Waals surface area contributed by atoms with Crippen molar-refractivity contribution in [3.05, 3.63) is 70.5 Å². The maximum Gasteiger partial charge on any atom is 0.162 e. The first kappa shape index (κ1) is 21.2. The molecular weight excluding hydrogens is 375 g/mol. The molecule has 1 fully saturated rings. The molecule has 1 N–H and O–H groups in total. The first-order chi connectivity index (χ1) is 14.7. The fourth-order valence-electron chi connectivity index (χ4n) is 4.87. The summed E-state index contributed by atoms with van der Waals surface area (Å²) in [7, 11) is 0. The molecule has 0 bridgehead atoms. The Morgan fingerprint density at radius 3 is 2.63 bits per heavy atom. The van der Waals surface area contributed by atoms with Crippen LogP contribution < -0.4 is 5.32 Å². The van der Waals surface area contributed by atoms with Gasteiger partial charge in [0.05, 0.1) is 0 Å². The second kappa shape index (κ2) is 10.3. The van der Waals surface area contributed by atoms with E-state index in [1.807, 2.05) is 12.1 Å². The number of halogens is 1. The third-order valence-corrected chi connectivity index (χ3v) is 6.67. The summed E-state index contributed by atoms with van der Waals surface area (Å²) in [5.74, 6) is 0.774. The summed E-state index contributed by atoms with van der Waals surface area (Å²) in [6.07, 6.45) is 6.90. The van der Waals surface area contributed by atoms with E-state index in [9.17, 15) is 9.18 Å². The van der Waals surface area contributed by atoms with Gasteiger partial charge in [-0.05, 0) is 112 Å². The highest BCUT2D eigenvalue weighted by Crippen LogP contribution is 2.23. The molecule has 4 rings (SSSR count). The Hall–Kier alpha value is -2.04. The molecule has 3 nitrogen and oxygen atoms in total. The summed E-state index contributed by atoms with van der Waals surface area (Å²) in [6.45, 7) is 5.19. The molecule has 0 unspecified atom stereocenters. The zero-order valence-corrected chi connectivity index (χ0v) is 17.8. The number of carbonyl (C=O) groups excluding carboxylic acids is 1. The van der Waals surface area contributed by atoms with Crippen LogP contribution in [0.2, 0.25) is 0 Å². The molecule has 0 saturated carbocycles. The van der Waals surface area contributed by atoms with Gasteiger partial charge < -0.3 is 10.2 Å². The maximum atomic E-state index is 13.4. The Morgan fingerprint density at radius 1 is 1.03 bits per heavy atom. The van der Waals surface area contributed by atoms with Gasteiger partial charge in [-0.25, -0.2) is 4.39 Å². The molecule has 0 spiro atoms. The molecule has 2 heterocycles. The lowest BCUT2D eigenvalue weighted by molar-refractivity contribution is 0.0970. The molecule has 2 aliphatic rings. The van der Waals surface area contributed by atoms with Crippen molar-refractivity contribution in [2.75, 3.05) is 32.7 Å². The van der Waals surface area contributed by atoms with Crippen LogP contribution in [0.15, 0.2) is 42.5 Å². The summed E-state index contributed by atoms with van der Waals surface area (Å²) in [5, 5.41) is 3.43. The zero-order chi connectivity index (χ0) is 20.8. The minimum Gasteiger partial charge on any atom is -0.316 e. The number of benzene rings is 2. The van der Waals surface area contributed by atoms with Crippen molar-refractivity contribution in [2.45, 2.75) is 44.9 Å². The molecule has 0 aromatic heterocycles. The minimum atomic E-state index is -0.138. The molecule has 2 aliphatic heterocycles. The Balaban J connectivity index is 1.19. The Bertz CT molecular complexity index is 858. The third kappa shape index (κ3) is 5.77. The van der Waals surface area contributed by atoms with E-state index in [1.165, 1.54) is 17.2 Å². The highest BCUT2D eigenvalue weighted by atomic mass is 19.1. The van der Waals surface area contributed by atoms with Crippen LogP contribution in [0.5, 0.6) is 0 Å². The van der Waals surface area contributed by atoms with E-state index < -0.39 is 0 Å². The lowest BCUT2D eigenvalue weighted by atomic mass is 9.90. The van der Waals surface area contributed by atoms with E-state index >= 15 is 0 Å². The van der Waals surface area contributed by atoms with Gasteiger partial charge in [-0.3, -0.25) is 4.79 Å². The number of ketones is 1. The number of hydrogen-bond acceptors (Lipinski definition) is 3. The van der Waals surface area contributed by atoms with Gasteiger partial charge >= 0.3 is 0 Å². The smallest absolute Gasteiger partial charge is 0.162 e. The number of rotatable bonds is 7. The highest BCUT2D eigenvalue weighted by molar-refractivity contribution is 5.96. The predicted octanol–water partition coefficient (Wildman–Crippen LogP) is 4.43. The monoisotopic (exact) mass is 408 g/mol. The maximum absolute atomic E-state index is 13.4. The molecule has 0 radical (unpaired) electrons. The molecule has 2 aromatic rings. The van der Waals surface area contributed by atoms with Crippen LogP contribution in [-0.2, 0) is 19.3 Å². The van der Waals surface area contributed by atoms with Crippen molar-refractivity contribution in [2.24, 2.45) is 5.92 Å². The van der Waals surface area contributed by atoms with E-state index in [0.29, 0.717) is 12.3 Å². The lowest BCUT2D eigenvalue weighted by Gasteiger charge is -2.32. The summed E-state index contributed by atoms with van der Waals surface area (Å²) >= 11 is 0. The largest absolute Gasteiger partial charge is 0.316 e. The summed E-state index contributed by atoms with van der Waals surface area (Å²) < 4.78 is 13.4.